The van der Waals surface area contributed by atoms with E-state index in [1.54, 1.807) is 39.6 Å². The van der Waals surface area contributed by atoms with Crippen molar-refractivity contribution in [3.8, 4) is 0 Å². The molecule has 4 aromatic rings. The van der Waals surface area contributed by atoms with Crippen molar-refractivity contribution in [3.05, 3.63) is 137 Å². The van der Waals surface area contributed by atoms with Gasteiger partial charge in [-0.25, -0.2) is 13.6 Å². The van der Waals surface area contributed by atoms with Gasteiger partial charge in [-0.1, -0.05) is 116 Å². The molecule has 1 aliphatic heterocycles. The van der Waals surface area contributed by atoms with Gasteiger partial charge in [0.2, 0.25) is 0 Å². The van der Waals surface area contributed by atoms with Crippen molar-refractivity contribution in [2.45, 2.75) is 52.7 Å². The molecular formula is C36H41BrF2I2K2N2O6. The molecule has 0 saturated heterocycles. The Morgan fingerprint density at radius 2 is 1.37 bits per heavy atom. The number of hydrogen-bond acceptors (Lipinski definition) is 7. The molecule has 5 rings (SSSR count). The summed E-state index contributed by atoms with van der Waals surface area (Å²) in [4.78, 5) is 36.7. The zero-order chi connectivity index (χ0) is 37.4. The average molecular weight is 1050 g/mol. The molecule has 15 heteroatoms. The Morgan fingerprint density at radius 3 is 1.80 bits per heavy atom. The van der Waals surface area contributed by atoms with Crippen LogP contribution < -0.4 is 114 Å². The van der Waals surface area contributed by atoms with Gasteiger partial charge >= 0.3 is 109 Å². The van der Waals surface area contributed by atoms with E-state index in [0.717, 1.165) is 16.7 Å². The van der Waals surface area contributed by atoms with Crippen LogP contribution in [0, 0.1) is 18.8 Å². The number of rotatable bonds is 6. The maximum absolute atomic E-state index is 13.5. The number of esters is 1. The zero-order valence-corrected chi connectivity index (χ0v) is 42.0. The number of amides is 1. The Labute approximate surface area is 422 Å². The van der Waals surface area contributed by atoms with E-state index in [0.29, 0.717) is 43.2 Å². The van der Waals surface area contributed by atoms with Crippen LogP contribution in [0.15, 0.2) is 84.9 Å². The molecule has 0 aliphatic carbocycles. The normalized spacial score (nSPS) is 9.96. The van der Waals surface area contributed by atoms with Crippen LogP contribution in [-0.2, 0) is 39.4 Å². The van der Waals surface area contributed by atoms with Gasteiger partial charge in [0.15, 0.2) is 0 Å². The fourth-order valence-electron chi connectivity index (χ4n) is 3.96. The summed E-state index contributed by atoms with van der Waals surface area (Å²) in [7, 11) is 1.28. The van der Waals surface area contributed by atoms with Crippen LogP contribution in [0.5, 0.6) is 0 Å². The van der Waals surface area contributed by atoms with Gasteiger partial charge in [0, 0.05) is 25.0 Å². The second kappa shape index (κ2) is 33.6. The average Bonchev–Trinajstić information content (AvgIpc) is 3.48. The maximum atomic E-state index is 13.5. The van der Waals surface area contributed by atoms with Crippen LogP contribution in [0.25, 0.3) is 0 Å². The van der Waals surface area contributed by atoms with E-state index in [1.807, 2.05) is 111 Å². The molecule has 0 unspecified atom stereocenters. The number of halogens is 5. The zero-order valence-electron chi connectivity index (χ0n) is 30.9. The molecule has 0 fully saturated rings. The second-order valence-corrected chi connectivity index (χ2v) is 11.7. The topological polar surface area (TPSA) is 122 Å². The van der Waals surface area contributed by atoms with Crippen LogP contribution >= 0.6 is 61.1 Å². The molecule has 0 radical (unpaired) electrons. The molecule has 0 aromatic heterocycles. The molecule has 0 atom stereocenters. The van der Waals surface area contributed by atoms with Gasteiger partial charge in [0.25, 0.3) is 12.4 Å². The maximum Gasteiger partial charge on any atom is 1.00 e. The van der Waals surface area contributed by atoms with E-state index in [1.165, 1.54) is 24.8 Å². The van der Waals surface area contributed by atoms with Crippen molar-refractivity contribution in [2.24, 2.45) is 5.73 Å². The van der Waals surface area contributed by atoms with Gasteiger partial charge in [-0.15, -0.1) is 0 Å². The van der Waals surface area contributed by atoms with E-state index in [4.69, 9.17) is 15.8 Å². The number of carbonyl (C=O) groups excluding carboxylic acids is 3. The van der Waals surface area contributed by atoms with Gasteiger partial charge in [0.05, 0.1) is 25.4 Å². The molecule has 2 N–H and O–H groups in total. The molecule has 0 spiro atoms. The largest absolute Gasteiger partial charge is 1.00 e. The summed E-state index contributed by atoms with van der Waals surface area (Å²) in [6, 6.07) is 25.9. The predicted octanol–water partition coefficient (Wildman–Crippen LogP) is 2.45. The number of nitrogens with zero attached hydrogens (tertiary/aromatic N) is 1. The fraction of sp³-hybridized carbons (Fsp3) is 0.250. The fourth-order valence-corrected chi connectivity index (χ4v) is 5.93. The van der Waals surface area contributed by atoms with Gasteiger partial charge in [-0.2, -0.15) is 0 Å². The van der Waals surface area contributed by atoms with Gasteiger partial charge < -0.3 is 26.9 Å². The van der Waals surface area contributed by atoms with Crippen LogP contribution in [0.3, 0.4) is 0 Å². The third-order valence-electron chi connectivity index (χ3n) is 6.09. The molecule has 0 bridgehead atoms. The van der Waals surface area contributed by atoms with E-state index < -0.39 is 11.8 Å². The third kappa shape index (κ3) is 19.6. The first-order chi connectivity index (χ1) is 23.6. The summed E-state index contributed by atoms with van der Waals surface area (Å²) in [6.07, 6.45) is 0. The summed E-state index contributed by atoms with van der Waals surface area (Å²) in [6.45, 7) is 9.58. The summed E-state index contributed by atoms with van der Waals surface area (Å²) in [5.74, 6) is -1.32. The van der Waals surface area contributed by atoms with Crippen molar-refractivity contribution in [2.75, 3.05) is 7.11 Å². The first-order valence-electron chi connectivity index (χ1n) is 15.0. The number of ether oxygens (including phenoxy) is 1. The number of alkyl halides is 1. The van der Waals surface area contributed by atoms with Crippen molar-refractivity contribution in [1.82, 2.24) is 4.90 Å². The number of methoxy groups -OCH3 is 1. The number of fused-ring (bicyclic) bond motifs is 1. The molecule has 51 heavy (non-hydrogen) atoms. The van der Waals surface area contributed by atoms with Crippen LogP contribution in [-0.4, -0.2) is 30.4 Å². The first-order valence-corrected chi connectivity index (χ1v) is 18.3. The number of nitrogens with two attached hydrogens (primary N) is 1. The monoisotopic (exact) mass is 1050 g/mol. The number of hydrogen-bond donors (Lipinski definition) is 1. The van der Waals surface area contributed by atoms with E-state index in [-0.39, 0.29) is 122 Å². The van der Waals surface area contributed by atoms with Gasteiger partial charge in [-0.3, -0.25) is 9.59 Å². The SMILES string of the molecule is CC.CC.COC(=O)c1c(CBr)ccc(F)c1I.NCc1ccccc1.O=C1c2c(ccc(F)c2I)CN1Cc1ccccc1.O=CO[O-].[H-].[K+].[K+]. The van der Waals surface area contributed by atoms with Crippen molar-refractivity contribution in [3.63, 3.8) is 0 Å². The van der Waals surface area contributed by atoms with Crippen molar-refractivity contribution in [1.29, 1.82) is 0 Å². The summed E-state index contributed by atoms with van der Waals surface area (Å²) < 4.78 is 32.0. The minimum absolute atomic E-state index is 0. The Bertz CT molecular complexity index is 1590. The smallest absolute Gasteiger partial charge is 1.00 e. The summed E-state index contributed by atoms with van der Waals surface area (Å²) in [5, 5.41) is 8.92. The Balaban J connectivity index is -0.000000309. The van der Waals surface area contributed by atoms with Crippen LogP contribution in [0.2, 0.25) is 0 Å². The second-order valence-electron chi connectivity index (χ2n) is 8.95. The number of benzene rings is 4. The Morgan fingerprint density at radius 1 is 0.902 bits per heavy atom. The minimum atomic E-state index is -0.511. The minimum Gasteiger partial charge on any atom is -1.00 e. The molecule has 1 heterocycles. The van der Waals surface area contributed by atoms with E-state index >= 15 is 0 Å². The Hall–Kier alpha value is 0.283. The molecule has 8 nitrogen and oxygen atoms in total. The third-order valence-corrected chi connectivity index (χ3v) is 8.81. The Kier molecular flexibility index (Phi) is 36.7. The molecular weight excluding hydrogens is 1010 g/mol. The summed E-state index contributed by atoms with van der Waals surface area (Å²) >= 11 is 6.93. The molecule has 4 aromatic carbocycles. The molecule has 0 saturated carbocycles. The standard InChI is InChI=1S/C15H11FINO.C9H7BrFIO2.C7H9N.2C2H6.CH2O3.2K.H/c16-12-7-6-11-9-18(15(19)13(11)14(12)17)8-10-4-2-1-3-5-10;1-14-9(13)7-5(4-10)2-3-6(11)8(7)12;8-6-7-4-2-1-3-5-7;2*1-2;2-1-4-3;;;/h1-7H,8-9H2;2-3H,4H2,1H3;1-5H,6,8H2;2*1-2H3;1,3H;;;/q;;;;;;2*+1;-1/p-1. The van der Waals surface area contributed by atoms with Crippen molar-refractivity contribution >= 4 is 79.5 Å². The molecule has 1 aliphatic rings. The number of carbonyl (C=O) groups is 3. The molecule has 268 valence electrons. The first kappa shape index (κ1) is 55.6. The van der Waals surface area contributed by atoms with Gasteiger partial charge in [-0.05, 0) is 79.6 Å². The van der Waals surface area contributed by atoms with Crippen molar-refractivity contribution < 1.29 is 142 Å². The van der Waals surface area contributed by atoms with E-state index in [2.05, 4.69) is 25.6 Å². The van der Waals surface area contributed by atoms with Crippen LogP contribution in [0.1, 0.15) is 72.1 Å². The molecule has 1 amide bonds. The van der Waals surface area contributed by atoms with Crippen LogP contribution in [0.4, 0.5) is 8.78 Å². The van der Waals surface area contributed by atoms with E-state index in [9.17, 15) is 18.4 Å². The quantitative estimate of drug-likeness (QED) is 0.0600. The summed E-state index contributed by atoms with van der Waals surface area (Å²) in [5.41, 5.74) is 10.1. The predicted molar refractivity (Wildman–Crippen MR) is 208 cm³/mol. The van der Waals surface area contributed by atoms with Gasteiger partial charge in [0.1, 0.15) is 11.6 Å².